The van der Waals surface area contributed by atoms with Crippen LogP contribution in [0.25, 0.3) is 0 Å². The quantitative estimate of drug-likeness (QED) is 0.700. The smallest absolute Gasteiger partial charge is 0.211 e. The minimum Gasteiger partial charge on any atom is -0.488 e. The molecule has 2 N–H and O–H groups in total. The summed E-state index contributed by atoms with van der Waals surface area (Å²) in [5.74, 6) is 1.02. The SMILES string of the molecule is CCNCCCS(=O)(=O)NCC1Cc2ccccc2O1. The van der Waals surface area contributed by atoms with E-state index in [1.165, 1.54) is 0 Å². The van der Waals surface area contributed by atoms with Crippen LogP contribution in [0, 0.1) is 0 Å². The minimum absolute atomic E-state index is 0.101. The molecule has 2 rings (SSSR count). The molecule has 0 aromatic heterocycles. The molecular weight excluding hydrogens is 276 g/mol. The second kappa shape index (κ2) is 7.06. The maximum atomic E-state index is 11.8. The van der Waals surface area contributed by atoms with Gasteiger partial charge in [0.05, 0.1) is 5.75 Å². The molecule has 1 aromatic carbocycles. The van der Waals surface area contributed by atoms with Crippen molar-refractivity contribution < 1.29 is 13.2 Å². The Balaban J connectivity index is 1.73. The molecule has 5 nitrogen and oxygen atoms in total. The highest BCUT2D eigenvalue weighted by Gasteiger charge is 2.23. The van der Waals surface area contributed by atoms with E-state index >= 15 is 0 Å². The predicted molar refractivity (Wildman–Crippen MR) is 79.5 cm³/mol. The molecule has 0 radical (unpaired) electrons. The summed E-state index contributed by atoms with van der Waals surface area (Å²) in [6.07, 6.45) is 1.28. The maximum Gasteiger partial charge on any atom is 0.211 e. The summed E-state index contributed by atoms with van der Waals surface area (Å²) in [6, 6.07) is 7.82. The number of benzene rings is 1. The fourth-order valence-electron chi connectivity index (χ4n) is 2.22. The molecule has 1 aliphatic rings. The second-order valence-electron chi connectivity index (χ2n) is 4.93. The topological polar surface area (TPSA) is 67.4 Å². The van der Waals surface area contributed by atoms with Crippen molar-refractivity contribution in [2.24, 2.45) is 0 Å². The Morgan fingerprint density at radius 1 is 1.35 bits per heavy atom. The Labute approximate surface area is 120 Å². The average Bonchev–Trinajstić information content (AvgIpc) is 2.84. The van der Waals surface area contributed by atoms with Gasteiger partial charge in [0.15, 0.2) is 0 Å². The number of hydrogen-bond donors (Lipinski definition) is 2. The highest BCUT2D eigenvalue weighted by molar-refractivity contribution is 7.89. The molecule has 0 bridgehead atoms. The standard InChI is InChI=1S/C14H22N2O3S/c1-2-15-8-5-9-20(17,18)16-11-13-10-12-6-3-4-7-14(12)19-13/h3-4,6-7,13,15-16H,2,5,8-11H2,1H3. The molecule has 6 heteroatoms. The summed E-state index contributed by atoms with van der Waals surface area (Å²) in [4.78, 5) is 0. The molecule has 1 aromatic rings. The van der Waals surface area contributed by atoms with E-state index in [1.54, 1.807) is 0 Å². The molecule has 0 spiro atoms. The van der Waals surface area contributed by atoms with Crippen molar-refractivity contribution in [1.29, 1.82) is 0 Å². The number of nitrogens with one attached hydrogen (secondary N) is 2. The molecule has 0 saturated carbocycles. The van der Waals surface area contributed by atoms with Gasteiger partial charge in [-0.3, -0.25) is 0 Å². The second-order valence-corrected chi connectivity index (χ2v) is 6.85. The van der Waals surface area contributed by atoms with E-state index in [0.717, 1.165) is 30.8 Å². The first-order valence-corrected chi connectivity index (χ1v) is 8.68. The van der Waals surface area contributed by atoms with Crippen LogP contribution in [0.15, 0.2) is 24.3 Å². The van der Waals surface area contributed by atoms with Crippen molar-refractivity contribution in [1.82, 2.24) is 10.0 Å². The highest BCUT2D eigenvalue weighted by atomic mass is 32.2. The van der Waals surface area contributed by atoms with Crippen molar-refractivity contribution in [2.75, 3.05) is 25.4 Å². The highest BCUT2D eigenvalue weighted by Crippen LogP contribution is 2.27. The van der Waals surface area contributed by atoms with E-state index in [-0.39, 0.29) is 11.9 Å². The van der Waals surface area contributed by atoms with Gasteiger partial charge in [-0.25, -0.2) is 13.1 Å². The summed E-state index contributed by atoms with van der Waals surface area (Å²) < 4.78 is 32.0. The molecule has 0 saturated heterocycles. The Hall–Kier alpha value is -1.11. The molecule has 20 heavy (non-hydrogen) atoms. The predicted octanol–water partition coefficient (Wildman–Crippen LogP) is 0.909. The fourth-order valence-corrected chi connectivity index (χ4v) is 3.33. The molecule has 1 heterocycles. The lowest BCUT2D eigenvalue weighted by atomic mass is 10.1. The van der Waals surface area contributed by atoms with Crippen molar-refractivity contribution in [2.45, 2.75) is 25.9 Å². The van der Waals surface area contributed by atoms with E-state index in [4.69, 9.17) is 4.74 Å². The summed E-state index contributed by atoms with van der Waals surface area (Å²) in [6.45, 7) is 3.92. The van der Waals surface area contributed by atoms with Crippen LogP contribution in [0.5, 0.6) is 5.75 Å². The molecule has 1 unspecified atom stereocenters. The third-order valence-corrected chi connectivity index (χ3v) is 4.69. The zero-order chi connectivity index (χ0) is 14.4. The van der Waals surface area contributed by atoms with E-state index in [2.05, 4.69) is 10.0 Å². The average molecular weight is 298 g/mol. The number of para-hydroxylation sites is 1. The zero-order valence-electron chi connectivity index (χ0n) is 11.8. The molecule has 112 valence electrons. The lowest BCUT2D eigenvalue weighted by Crippen LogP contribution is -2.36. The lowest BCUT2D eigenvalue weighted by Gasteiger charge is -2.12. The van der Waals surface area contributed by atoms with Gasteiger partial charge < -0.3 is 10.1 Å². The molecule has 1 aliphatic heterocycles. The number of rotatable bonds is 8. The van der Waals surface area contributed by atoms with Crippen molar-refractivity contribution in [3.05, 3.63) is 29.8 Å². The third kappa shape index (κ3) is 4.47. The number of ether oxygens (including phenoxy) is 1. The van der Waals surface area contributed by atoms with Gasteiger partial charge in [0, 0.05) is 13.0 Å². The van der Waals surface area contributed by atoms with Crippen LogP contribution in [0.3, 0.4) is 0 Å². The summed E-state index contributed by atoms with van der Waals surface area (Å²) in [5, 5.41) is 3.11. The van der Waals surface area contributed by atoms with Gasteiger partial charge in [0.25, 0.3) is 0 Å². The summed E-state index contributed by atoms with van der Waals surface area (Å²) in [5.41, 5.74) is 1.14. The Bertz CT molecular complexity index is 506. The van der Waals surface area contributed by atoms with Gasteiger partial charge in [-0.2, -0.15) is 0 Å². The van der Waals surface area contributed by atoms with E-state index in [0.29, 0.717) is 13.0 Å². The van der Waals surface area contributed by atoms with Crippen LogP contribution in [0.4, 0.5) is 0 Å². The van der Waals surface area contributed by atoms with Crippen molar-refractivity contribution >= 4 is 10.0 Å². The van der Waals surface area contributed by atoms with E-state index in [1.807, 2.05) is 31.2 Å². The van der Waals surface area contributed by atoms with Gasteiger partial charge in [-0.05, 0) is 31.1 Å². The van der Waals surface area contributed by atoms with Crippen molar-refractivity contribution in [3.8, 4) is 5.75 Å². The fraction of sp³-hybridized carbons (Fsp3) is 0.571. The van der Waals surface area contributed by atoms with Gasteiger partial charge in [0.1, 0.15) is 11.9 Å². The van der Waals surface area contributed by atoms with Gasteiger partial charge in [-0.15, -0.1) is 0 Å². The number of hydrogen-bond acceptors (Lipinski definition) is 4. The normalized spacial score (nSPS) is 17.8. The third-order valence-electron chi connectivity index (χ3n) is 3.26. The van der Waals surface area contributed by atoms with E-state index in [9.17, 15) is 8.42 Å². The maximum absolute atomic E-state index is 11.8. The Kier molecular flexibility index (Phi) is 5.39. The zero-order valence-corrected chi connectivity index (χ0v) is 12.6. The molecule has 1 atom stereocenters. The first-order valence-electron chi connectivity index (χ1n) is 7.03. The summed E-state index contributed by atoms with van der Waals surface area (Å²) >= 11 is 0. The first-order chi connectivity index (χ1) is 9.61. The van der Waals surface area contributed by atoms with Gasteiger partial charge in [-0.1, -0.05) is 25.1 Å². The van der Waals surface area contributed by atoms with Crippen molar-refractivity contribution in [3.63, 3.8) is 0 Å². The van der Waals surface area contributed by atoms with Crippen LogP contribution in [0.1, 0.15) is 18.9 Å². The van der Waals surface area contributed by atoms with E-state index < -0.39 is 10.0 Å². The number of fused-ring (bicyclic) bond motifs is 1. The first kappa shape index (κ1) is 15.3. The van der Waals surface area contributed by atoms with Crippen LogP contribution in [0.2, 0.25) is 0 Å². The lowest BCUT2D eigenvalue weighted by molar-refractivity contribution is 0.236. The Morgan fingerprint density at radius 3 is 2.90 bits per heavy atom. The minimum atomic E-state index is -3.21. The molecule has 0 fully saturated rings. The molecule has 0 aliphatic carbocycles. The van der Waals surface area contributed by atoms with Crippen LogP contribution < -0.4 is 14.8 Å². The largest absolute Gasteiger partial charge is 0.488 e. The summed E-state index contributed by atoms with van der Waals surface area (Å²) in [7, 11) is -3.21. The van der Waals surface area contributed by atoms with Gasteiger partial charge >= 0.3 is 0 Å². The van der Waals surface area contributed by atoms with Gasteiger partial charge in [0.2, 0.25) is 10.0 Å². The van der Waals surface area contributed by atoms with Crippen LogP contribution >= 0.6 is 0 Å². The van der Waals surface area contributed by atoms with Crippen LogP contribution in [-0.4, -0.2) is 39.9 Å². The molecule has 0 amide bonds. The number of sulfonamides is 1. The molecular formula is C14H22N2O3S. The Morgan fingerprint density at radius 2 is 2.15 bits per heavy atom. The monoisotopic (exact) mass is 298 g/mol. The van der Waals surface area contributed by atoms with Crippen LogP contribution in [-0.2, 0) is 16.4 Å².